The zero-order chi connectivity index (χ0) is 23.7. The molecule has 1 unspecified atom stereocenters. The molecule has 0 spiro atoms. The van der Waals surface area contributed by atoms with E-state index in [4.69, 9.17) is 13.9 Å². The lowest BCUT2D eigenvalue weighted by molar-refractivity contribution is -0.123. The second kappa shape index (κ2) is 9.09. The maximum atomic E-state index is 13.6. The van der Waals surface area contributed by atoms with Crippen LogP contribution in [0.2, 0.25) is 0 Å². The quantitative estimate of drug-likeness (QED) is 0.596. The molecular weight excluding hydrogens is 441 g/mol. The largest absolute Gasteiger partial charge is 0.438 e. The highest BCUT2D eigenvalue weighted by Crippen LogP contribution is 2.43. The Balaban J connectivity index is 1.61. The summed E-state index contributed by atoms with van der Waals surface area (Å²) in [5, 5.41) is 13.3. The number of fused-ring (bicyclic) bond motifs is 3. The molecule has 0 radical (unpaired) electrons. The second-order valence-corrected chi connectivity index (χ2v) is 8.01. The number of nitrogens with zero attached hydrogens (tertiary/aromatic N) is 2. The van der Waals surface area contributed by atoms with Gasteiger partial charge in [-0.05, 0) is 29.8 Å². The fourth-order valence-electron chi connectivity index (χ4n) is 4.25. The number of hydrogen-bond acceptors (Lipinski definition) is 7. The van der Waals surface area contributed by atoms with Crippen molar-refractivity contribution >= 4 is 16.9 Å². The predicted molar refractivity (Wildman–Crippen MR) is 119 cm³/mol. The van der Waals surface area contributed by atoms with Gasteiger partial charge in [0.2, 0.25) is 11.8 Å². The number of rotatable bonds is 4. The molecule has 2 aliphatic rings. The third-order valence-electron chi connectivity index (χ3n) is 5.87. The first-order valence-electron chi connectivity index (χ1n) is 10.8. The molecule has 5 rings (SSSR count). The molecule has 0 saturated carbocycles. The number of hydrogen-bond donors (Lipinski definition) is 1. The van der Waals surface area contributed by atoms with E-state index in [2.05, 4.69) is 11.4 Å². The van der Waals surface area contributed by atoms with Crippen LogP contribution in [0, 0.1) is 17.1 Å². The Kier molecular flexibility index (Phi) is 5.84. The average molecular weight is 461 g/mol. The number of nitriles is 1. The van der Waals surface area contributed by atoms with Gasteiger partial charge in [0.1, 0.15) is 23.0 Å². The number of benzene rings is 2. The van der Waals surface area contributed by atoms with Crippen molar-refractivity contribution in [2.75, 3.05) is 32.8 Å². The van der Waals surface area contributed by atoms with Crippen molar-refractivity contribution in [3.8, 4) is 11.8 Å². The van der Waals surface area contributed by atoms with Crippen LogP contribution in [0.1, 0.15) is 17.0 Å². The Morgan fingerprint density at radius 1 is 1.15 bits per heavy atom. The Morgan fingerprint density at radius 2 is 1.88 bits per heavy atom. The van der Waals surface area contributed by atoms with Gasteiger partial charge in [-0.15, -0.1) is 0 Å². The van der Waals surface area contributed by atoms with Crippen LogP contribution in [0.5, 0.6) is 5.75 Å². The highest BCUT2D eigenvalue weighted by molar-refractivity contribution is 5.86. The first kappa shape index (κ1) is 21.8. The number of ether oxygens (including phenoxy) is 2. The zero-order valence-corrected chi connectivity index (χ0v) is 18.0. The summed E-state index contributed by atoms with van der Waals surface area (Å²) in [6, 6.07) is 14.4. The molecule has 2 aromatic carbocycles. The van der Waals surface area contributed by atoms with Crippen molar-refractivity contribution in [1.29, 1.82) is 5.26 Å². The molecule has 1 amide bonds. The Hall–Kier alpha value is -4.00. The van der Waals surface area contributed by atoms with Crippen LogP contribution in [-0.4, -0.2) is 43.7 Å². The first-order valence-corrected chi connectivity index (χ1v) is 10.8. The van der Waals surface area contributed by atoms with Gasteiger partial charge in [-0.25, -0.2) is 9.18 Å². The van der Waals surface area contributed by atoms with Crippen molar-refractivity contribution in [3.05, 3.63) is 87.4 Å². The third kappa shape index (κ3) is 4.05. The number of allylic oxidation sites excluding steroid dienone is 1. The van der Waals surface area contributed by atoms with E-state index in [1.807, 2.05) is 4.90 Å². The lowest BCUT2D eigenvalue weighted by Crippen LogP contribution is -2.44. The topological polar surface area (TPSA) is 105 Å². The number of halogens is 1. The first-order chi connectivity index (χ1) is 16.5. The summed E-state index contributed by atoms with van der Waals surface area (Å²) in [5.74, 6) is -1.59. The van der Waals surface area contributed by atoms with Gasteiger partial charge in [0, 0.05) is 13.1 Å². The molecule has 2 aliphatic heterocycles. The van der Waals surface area contributed by atoms with Crippen LogP contribution < -0.4 is 15.7 Å². The SMILES string of the molecule is N#CC1=C(NC(=O)CN2CCOCC2)Oc2c(c(=O)oc3ccccc23)C1c1ccc(F)cc1. The molecular formula is C25H20FN3O5. The van der Waals surface area contributed by atoms with E-state index in [1.54, 1.807) is 24.3 Å². The summed E-state index contributed by atoms with van der Waals surface area (Å²) in [5.41, 5.74) is 0.271. The maximum absolute atomic E-state index is 13.6. The standard InChI is InChI=1S/C25H20FN3O5/c26-16-7-5-15(6-8-16)21-18(13-27)24(28-20(30)14-29-9-11-32-12-10-29)34-23-17-3-1-2-4-19(17)33-25(31)22(21)23/h1-8,21H,9-12,14H2,(H,28,30). The van der Waals surface area contributed by atoms with E-state index in [0.717, 1.165) is 0 Å². The second-order valence-electron chi connectivity index (χ2n) is 8.01. The van der Waals surface area contributed by atoms with E-state index in [9.17, 15) is 19.2 Å². The highest BCUT2D eigenvalue weighted by Gasteiger charge is 2.37. The molecule has 172 valence electrons. The normalized spacial score (nSPS) is 18.2. The zero-order valence-electron chi connectivity index (χ0n) is 18.0. The van der Waals surface area contributed by atoms with Gasteiger partial charge < -0.3 is 13.9 Å². The Morgan fingerprint density at radius 3 is 2.62 bits per heavy atom. The molecule has 0 aliphatic carbocycles. The molecule has 3 heterocycles. The predicted octanol–water partition coefficient (Wildman–Crippen LogP) is 2.64. The minimum absolute atomic E-state index is 0.0250. The summed E-state index contributed by atoms with van der Waals surface area (Å²) >= 11 is 0. The fraction of sp³-hybridized carbons (Fsp3) is 0.240. The van der Waals surface area contributed by atoms with Gasteiger partial charge in [-0.3, -0.25) is 15.0 Å². The monoisotopic (exact) mass is 461 g/mol. The van der Waals surface area contributed by atoms with E-state index < -0.39 is 17.4 Å². The van der Waals surface area contributed by atoms with Crippen LogP contribution in [-0.2, 0) is 9.53 Å². The van der Waals surface area contributed by atoms with Crippen LogP contribution >= 0.6 is 0 Å². The summed E-state index contributed by atoms with van der Waals surface area (Å²) in [6.07, 6.45) is 0. The maximum Gasteiger partial charge on any atom is 0.344 e. The van der Waals surface area contributed by atoms with Crippen molar-refractivity contribution in [3.63, 3.8) is 0 Å². The Bertz CT molecular complexity index is 1380. The number of amides is 1. The molecule has 34 heavy (non-hydrogen) atoms. The van der Waals surface area contributed by atoms with Gasteiger partial charge in [-0.1, -0.05) is 24.3 Å². The fourth-order valence-corrected chi connectivity index (χ4v) is 4.25. The average Bonchev–Trinajstić information content (AvgIpc) is 2.84. The molecule has 9 heteroatoms. The van der Waals surface area contributed by atoms with E-state index in [-0.39, 0.29) is 35.2 Å². The van der Waals surface area contributed by atoms with Gasteiger partial charge in [0.05, 0.1) is 36.6 Å². The molecule has 0 bridgehead atoms. The molecule has 1 N–H and O–H groups in total. The number of nitrogens with one attached hydrogen (secondary N) is 1. The van der Waals surface area contributed by atoms with Crippen molar-refractivity contribution < 1.29 is 23.1 Å². The minimum atomic E-state index is -0.908. The molecule has 1 atom stereocenters. The van der Waals surface area contributed by atoms with Gasteiger partial charge in [0.15, 0.2) is 5.75 Å². The highest BCUT2D eigenvalue weighted by atomic mass is 19.1. The van der Waals surface area contributed by atoms with Crippen LogP contribution in [0.3, 0.4) is 0 Å². The van der Waals surface area contributed by atoms with Gasteiger partial charge in [-0.2, -0.15) is 5.26 Å². The van der Waals surface area contributed by atoms with Crippen LogP contribution in [0.15, 0.2) is 69.2 Å². The van der Waals surface area contributed by atoms with Crippen LogP contribution in [0.25, 0.3) is 11.0 Å². The molecule has 8 nitrogen and oxygen atoms in total. The molecule has 1 aromatic heterocycles. The van der Waals surface area contributed by atoms with E-state index >= 15 is 0 Å². The molecule has 1 fully saturated rings. The minimum Gasteiger partial charge on any atom is -0.438 e. The van der Waals surface area contributed by atoms with Gasteiger partial charge >= 0.3 is 5.63 Å². The Labute approximate surface area is 193 Å². The number of morpholine rings is 1. The summed E-state index contributed by atoms with van der Waals surface area (Å²) in [6.45, 7) is 2.41. The number of carbonyl (C=O) groups excluding carboxylic acids is 1. The van der Waals surface area contributed by atoms with Crippen molar-refractivity contribution in [2.45, 2.75) is 5.92 Å². The lowest BCUT2D eigenvalue weighted by atomic mass is 9.84. The number of carbonyl (C=O) groups is 1. The summed E-state index contributed by atoms with van der Waals surface area (Å²) in [4.78, 5) is 27.8. The third-order valence-corrected chi connectivity index (χ3v) is 5.87. The summed E-state index contributed by atoms with van der Waals surface area (Å²) < 4.78 is 30.5. The van der Waals surface area contributed by atoms with E-state index in [0.29, 0.717) is 42.8 Å². The number of para-hydroxylation sites is 1. The van der Waals surface area contributed by atoms with E-state index in [1.165, 1.54) is 24.3 Å². The smallest absolute Gasteiger partial charge is 0.344 e. The van der Waals surface area contributed by atoms with Crippen molar-refractivity contribution in [1.82, 2.24) is 10.2 Å². The van der Waals surface area contributed by atoms with Gasteiger partial charge in [0.25, 0.3) is 0 Å². The van der Waals surface area contributed by atoms with Crippen LogP contribution in [0.4, 0.5) is 4.39 Å². The molecule has 3 aromatic rings. The molecule has 1 saturated heterocycles. The lowest BCUT2D eigenvalue weighted by Gasteiger charge is -2.29. The summed E-state index contributed by atoms with van der Waals surface area (Å²) in [7, 11) is 0. The van der Waals surface area contributed by atoms with Crippen molar-refractivity contribution in [2.24, 2.45) is 0 Å².